The Bertz CT molecular complexity index is 356. The minimum atomic E-state index is 0.126. The second-order valence-electron chi connectivity index (χ2n) is 4.55. The number of carbonyl (C=O) groups is 1. The second kappa shape index (κ2) is 5.43. The lowest BCUT2D eigenvalue weighted by atomic mass is 9.87. The zero-order valence-corrected chi connectivity index (χ0v) is 10.5. The lowest BCUT2D eigenvalue weighted by Gasteiger charge is -2.20. The van der Waals surface area contributed by atoms with Gasteiger partial charge in [-0.2, -0.15) is 0 Å². The van der Waals surface area contributed by atoms with E-state index in [1.54, 1.807) is 0 Å². The average molecular weight is 238 g/mol. The Hall–Kier alpha value is -0.900. The number of amides is 1. The molecule has 1 aliphatic rings. The standard InChI is InChI=1S/C12H18N2OS/c1-9-8-16-12(13-9)14-11(15)7-10-5-3-2-4-6-10/h8,10H,2-7H2,1H3,(H,13,14,15). The maximum atomic E-state index is 11.7. The summed E-state index contributed by atoms with van der Waals surface area (Å²) in [6.07, 6.45) is 7.00. The first kappa shape index (κ1) is 11.6. The maximum absolute atomic E-state index is 11.7. The molecule has 88 valence electrons. The molecule has 16 heavy (non-hydrogen) atoms. The summed E-state index contributed by atoms with van der Waals surface area (Å²) >= 11 is 1.50. The van der Waals surface area contributed by atoms with Gasteiger partial charge in [-0.15, -0.1) is 11.3 Å². The number of carbonyl (C=O) groups excluding carboxylic acids is 1. The highest BCUT2D eigenvalue weighted by atomic mass is 32.1. The lowest BCUT2D eigenvalue weighted by Crippen LogP contribution is -2.18. The van der Waals surface area contributed by atoms with Gasteiger partial charge in [-0.1, -0.05) is 19.3 Å². The Morgan fingerprint density at radius 2 is 2.25 bits per heavy atom. The molecule has 0 radical (unpaired) electrons. The number of nitrogens with one attached hydrogen (secondary N) is 1. The van der Waals surface area contributed by atoms with Crippen LogP contribution >= 0.6 is 11.3 Å². The SMILES string of the molecule is Cc1csc(NC(=O)CC2CCCCC2)n1. The monoisotopic (exact) mass is 238 g/mol. The van der Waals surface area contributed by atoms with E-state index in [-0.39, 0.29) is 5.91 Å². The van der Waals surface area contributed by atoms with Crippen LogP contribution in [0.15, 0.2) is 5.38 Å². The molecule has 4 heteroatoms. The van der Waals surface area contributed by atoms with Gasteiger partial charge in [-0.3, -0.25) is 4.79 Å². The molecule has 0 aromatic carbocycles. The third-order valence-electron chi connectivity index (χ3n) is 3.06. The van der Waals surface area contributed by atoms with Crippen LogP contribution in [0.1, 0.15) is 44.2 Å². The molecule has 0 unspecified atom stereocenters. The topological polar surface area (TPSA) is 42.0 Å². The molecule has 0 bridgehead atoms. The summed E-state index contributed by atoms with van der Waals surface area (Å²) in [5.74, 6) is 0.719. The number of hydrogen-bond donors (Lipinski definition) is 1. The van der Waals surface area contributed by atoms with Gasteiger partial charge in [0.05, 0.1) is 5.69 Å². The molecule has 1 aromatic heterocycles. The summed E-state index contributed by atoms with van der Waals surface area (Å²) in [6, 6.07) is 0. The lowest BCUT2D eigenvalue weighted by molar-refractivity contribution is -0.117. The van der Waals surface area contributed by atoms with Crippen LogP contribution in [0.4, 0.5) is 5.13 Å². The highest BCUT2D eigenvalue weighted by Gasteiger charge is 2.17. The van der Waals surface area contributed by atoms with Gasteiger partial charge in [0.1, 0.15) is 0 Å². The fraction of sp³-hybridized carbons (Fsp3) is 0.667. The highest BCUT2D eigenvalue weighted by molar-refractivity contribution is 7.13. The number of aryl methyl sites for hydroxylation is 1. The molecule has 0 spiro atoms. The summed E-state index contributed by atoms with van der Waals surface area (Å²) in [4.78, 5) is 16.0. The normalized spacial score (nSPS) is 17.3. The van der Waals surface area contributed by atoms with E-state index in [1.807, 2.05) is 12.3 Å². The summed E-state index contributed by atoms with van der Waals surface area (Å²) in [5, 5.41) is 5.57. The number of thiazole rings is 1. The molecular formula is C12H18N2OS. The number of hydrogen-bond acceptors (Lipinski definition) is 3. The molecule has 1 N–H and O–H groups in total. The van der Waals surface area contributed by atoms with E-state index in [2.05, 4.69) is 10.3 Å². The maximum Gasteiger partial charge on any atom is 0.226 e. The van der Waals surface area contributed by atoms with Crippen molar-refractivity contribution in [3.05, 3.63) is 11.1 Å². The van der Waals surface area contributed by atoms with Crippen molar-refractivity contribution in [1.29, 1.82) is 0 Å². The summed E-state index contributed by atoms with van der Waals surface area (Å²) in [6.45, 7) is 1.94. The van der Waals surface area contributed by atoms with Crippen LogP contribution in [0.2, 0.25) is 0 Å². The second-order valence-corrected chi connectivity index (χ2v) is 5.41. The first-order chi connectivity index (χ1) is 7.74. The van der Waals surface area contributed by atoms with E-state index in [0.29, 0.717) is 12.3 Å². The van der Waals surface area contributed by atoms with Crippen LogP contribution in [0, 0.1) is 12.8 Å². The van der Waals surface area contributed by atoms with Crippen LogP contribution < -0.4 is 5.32 Å². The van der Waals surface area contributed by atoms with Crippen molar-refractivity contribution in [1.82, 2.24) is 4.98 Å². The summed E-state index contributed by atoms with van der Waals surface area (Å²) < 4.78 is 0. The van der Waals surface area contributed by atoms with E-state index in [1.165, 1.54) is 43.4 Å². The molecular weight excluding hydrogens is 220 g/mol. The van der Waals surface area contributed by atoms with Crippen LogP contribution in [0.5, 0.6) is 0 Å². The fourth-order valence-electron chi connectivity index (χ4n) is 2.24. The van der Waals surface area contributed by atoms with Gasteiger partial charge in [0.2, 0.25) is 5.91 Å². The van der Waals surface area contributed by atoms with Crippen molar-refractivity contribution in [3.63, 3.8) is 0 Å². The van der Waals surface area contributed by atoms with Crippen molar-refractivity contribution >= 4 is 22.4 Å². The Morgan fingerprint density at radius 1 is 1.50 bits per heavy atom. The molecule has 0 atom stereocenters. The largest absolute Gasteiger partial charge is 0.302 e. The van der Waals surface area contributed by atoms with E-state index >= 15 is 0 Å². The van der Waals surface area contributed by atoms with Gasteiger partial charge in [-0.25, -0.2) is 4.98 Å². The Labute approximate surface area is 100 Å². The van der Waals surface area contributed by atoms with E-state index < -0.39 is 0 Å². The van der Waals surface area contributed by atoms with Crippen molar-refractivity contribution in [2.75, 3.05) is 5.32 Å². The Balaban J connectivity index is 1.79. The third-order valence-corrected chi connectivity index (χ3v) is 3.94. The predicted octanol–water partition coefficient (Wildman–Crippen LogP) is 3.36. The van der Waals surface area contributed by atoms with Crippen LogP contribution in [-0.4, -0.2) is 10.9 Å². The van der Waals surface area contributed by atoms with E-state index in [4.69, 9.17) is 0 Å². The summed E-state index contributed by atoms with van der Waals surface area (Å²) in [5.41, 5.74) is 0.970. The zero-order valence-electron chi connectivity index (χ0n) is 9.66. The molecule has 0 aliphatic heterocycles. The van der Waals surface area contributed by atoms with Crippen molar-refractivity contribution in [2.24, 2.45) is 5.92 Å². The fourth-order valence-corrected chi connectivity index (χ4v) is 2.94. The minimum absolute atomic E-state index is 0.126. The number of anilines is 1. The van der Waals surface area contributed by atoms with Crippen LogP contribution in [0.25, 0.3) is 0 Å². The Morgan fingerprint density at radius 3 is 2.88 bits per heavy atom. The molecule has 1 saturated carbocycles. The summed E-state index contributed by atoms with van der Waals surface area (Å²) in [7, 11) is 0. The first-order valence-electron chi connectivity index (χ1n) is 5.96. The zero-order chi connectivity index (χ0) is 11.4. The quantitative estimate of drug-likeness (QED) is 0.877. The molecule has 1 amide bonds. The minimum Gasteiger partial charge on any atom is -0.302 e. The number of nitrogens with zero attached hydrogens (tertiary/aromatic N) is 1. The molecule has 1 aliphatic carbocycles. The third kappa shape index (κ3) is 3.30. The van der Waals surface area contributed by atoms with Crippen molar-refractivity contribution in [2.45, 2.75) is 45.4 Å². The number of rotatable bonds is 3. The van der Waals surface area contributed by atoms with Crippen LogP contribution in [0.3, 0.4) is 0 Å². The number of aromatic nitrogens is 1. The van der Waals surface area contributed by atoms with E-state index in [9.17, 15) is 4.79 Å². The van der Waals surface area contributed by atoms with Gasteiger partial charge in [-0.05, 0) is 25.7 Å². The Kier molecular flexibility index (Phi) is 3.93. The smallest absolute Gasteiger partial charge is 0.226 e. The van der Waals surface area contributed by atoms with Gasteiger partial charge >= 0.3 is 0 Å². The van der Waals surface area contributed by atoms with Gasteiger partial charge in [0, 0.05) is 11.8 Å². The predicted molar refractivity (Wildman–Crippen MR) is 66.7 cm³/mol. The molecule has 1 fully saturated rings. The first-order valence-corrected chi connectivity index (χ1v) is 6.84. The molecule has 0 saturated heterocycles. The van der Waals surface area contributed by atoms with Gasteiger partial charge in [0.25, 0.3) is 0 Å². The van der Waals surface area contributed by atoms with Gasteiger partial charge < -0.3 is 5.32 Å². The van der Waals surface area contributed by atoms with Gasteiger partial charge in [0.15, 0.2) is 5.13 Å². The molecule has 2 rings (SSSR count). The molecule has 1 aromatic rings. The van der Waals surface area contributed by atoms with Crippen molar-refractivity contribution in [3.8, 4) is 0 Å². The van der Waals surface area contributed by atoms with Crippen molar-refractivity contribution < 1.29 is 4.79 Å². The van der Waals surface area contributed by atoms with Crippen LogP contribution in [-0.2, 0) is 4.79 Å². The molecule has 1 heterocycles. The van der Waals surface area contributed by atoms with E-state index in [0.717, 1.165) is 10.8 Å². The highest BCUT2D eigenvalue weighted by Crippen LogP contribution is 2.26. The average Bonchev–Trinajstić information content (AvgIpc) is 2.65. The molecule has 3 nitrogen and oxygen atoms in total.